The van der Waals surface area contributed by atoms with Crippen molar-refractivity contribution in [1.82, 2.24) is 0 Å². The van der Waals surface area contributed by atoms with Crippen molar-refractivity contribution in [2.24, 2.45) is 0 Å². The van der Waals surface area contributed by atoms with Gasteiger partial charge in [0, 0.05) is 5.60 Å². The second-order valence-electron chi connectivity index (χ2n) is 13.2. The van der Waals surface area contributed by atoms with Gasteiger partial charge >= 0.3 is 0 Å². The van der Waals surface area contributed by atoms with Gasteiger partial charge in [0.05, 0.1) is 8.07 Å². The molecule has 0 bridgehead atoms. The number of rotatable bonds is 23. The Kier molecular flexibility index (Phi) is 18.9. The van der Waals surface area contributed by atoms with Crippen LogP contribution in [0.1, 0.15) is 144 Å². The minimum atomic E-state index is -1.58. The number of hydrogen-bond acceptors (Lipinski definition) is 1. The topological polar surface area (TPSA) is 9.23 Å². The van der Waals surface area contributed by atoms with E-state index in [1.165, 1.54) is 121 Å². The average molecular weight is 499 g/mol. The van der Waals surface area contributed by atoms with E-state index in [1.54, 1.807) is 0 Å². The zero-order valence-corrected chi connectivity index (χ0v) is 26.9. The van der Waals surface area contributed by atoms with Crippen molar-refractivity contribution in [3.8, 4) is 0 Å². The lowest BCUT2D eigenvalue weighted by Gasteiger charge is -2.42. The molecular weight excluding hydrogens is 433 g/mol. The van der Waals surface area contributed by atoms with Gasteiger partial charge in [-0.3, -0.25) is 0 Å². The molecule has 0 aromatic rings. The van der Waals surface area contributed by atoms with Gasteiger partial charge in [-0.1, -0.05) is 143 Å². The van der Waals surface area contributed by atoms with Crippen LogP contribution >= 0.6 is 0 Å². The molecule has 0 fully saturated rings. The maximum atomic E-state index is 6.94. The molecule has 1 nitrogen and oxygen atoms in total. The molecule has 3 heteroatoms. The molecule has 0 saturated heterocycles. The fourth-order valence-electron chi connectivity index (χ4n) is 5.77. The van der Waals surface area contributed by atoms with Crippen LogP contribution < -0.4 is 0 Å². The maximum Gasteiger partial charge on any atom is 0.187 e. The third-order valence-electron chi connectivity index (χ3n) is 7.89. The Labute approximate surface area is 213 Å². The van der Waals surface area contributed by atoms with Crippen molar-refractivity contribution < 1.29 is 4.43 Å². The van der Waals surface area contributed by atoms with Crippen molar-refractivity contribution in [3.05, 3.63) is 0 Å². The number of unbranched alkanes of at least 4 members (excludes halogenated alkanes) is 14. The van der Waals surface area contributed by atoms with Crippen LogP contribution in [0.25, 0.3) is 0 Å². The highest BCUT2D eigenvalue weighted by molar-refractivity contribution is 6.79. The second-order valence-corrected chi connectivity index (χ2v) is 22.7. The molecule has 0 spiro atoms. The molecular formula is C30H66OSi2. The Hall–Kier alpha value is 0.394. The molecule has 0 aliphatic carbocycles. The molecule has 0 rings (SSSR count). The zero-order valence-electron chi connectivity index (χ0n) is 24.9. The Balaban J connectivity index is 4.19. The van der Waals surface area contributed by atoms with Crippen LogP contribution in [-0.2, 0) is 4.43 Å². The second kappa shape index (κ2) is 18.6. The van der Waals surface area contributed by atoms with Crippen LogP contribution in [0.4, 0.5) is 0 Å². The average Bonchev–Trinajstić information content (AvgIpc) is 2.70. The van der Waals surface area contributed by atoms with Crippen LogP contribution in [0, 0.1) is 0 Å². The van der Waals surface area contributed by atoms with Gasteiger partial charge in [0.2, 0.25) is 0 Å². The molecule has 1 unspecified atom stereocenters. The van der Waals surface area contributed by atoms with Gasteiger partial charge in [-0.15, -0.1) is 0 Å². The summed E-state index contributed by atoms with van der Waals surface area (Å²) < 4.78 is 6.94. The van der Waals surface area contributed by atoms with E-state index in [9.17, 15) is 0 Å². The van der Waals surface area contributed by atoms with Crippen LogP contribution in [0.5, 0.6) is 0 Å². The normalized spacial score (nSPS) is 14.1. The van der Waals surface area contributed by atoms with E-state index in [0.717, 1.165) is 5.54 Å². The van der Waals surface area contributed by atoms with Crippen LogP contribution in [0.2, 0.25) is 43.8 Å². The Morgan fingerprint density at radius 2 is 1.00 bits per heavy atom. The predicted octanol–water partition coefficient (Wildman–Crippen LogP) is 11.8. The number of hydrogen-bond donors (Lipinski definition) is 0. The first-order valence-electron chi connectivity index (χ1n) is 15.2. The lowest BCUT2D eigenvalue weighted by molar-refractivity contribution is 0.117. The molecule has 0 aromatic carbocycles. The molecule has 1 atom stereocenters. The third-order valence-corrected chi connectivity index (χ3v) is 15.3. The van der Waals surface area contributed by atoms with Crippen molar-refractivity contribution in [2.45, 2.75) is 193 Å². The summed E-state index contributed by atoms with van der Waals surface area (Å²) in [6.45, 7) is 22.1. The molecule has 33 heavy (non-hydrogen) atoms. The predicted molar refractivity (Wildman–Crippen MR) is 159 cm³/mol. The molecule has 0 amide bonds. The van der Waals surface area contributed by atoms with Crippen LogP contribution in [-0.4, -0.2) is 22.0 Å². The van der Waals surface area contributed by atoms with Gasteiger partial charge in [-0.25, -0.2) is 0 Å². The van der Waals surface area contributed by atoms with Crippen molar-refractivity contribution in [3.63, 3.8) is 0 Å². The first-order valence-corrected chi connectivity index (χ1v) is 21.6. The monoisotopic (exact) mass is 498 g/mol. The summed E-state index contributed by atoms with van der Waals surface area (Å²) in [5, 5.41) is 0. The van der Waals surface area contributed by atoms with E-state index in [4.69, 9.17) is 4.43 Å². The smallest absolute Gasteiger partial charge is 0.187 e. The first-order chi connectivity index (χ1) is 15.5. The fraction of sp³-hybridized carbons (Fsp3) is 1.00. The molecule has 0 aliphatic rings. The third kappa shape index (κ3) is 19.3. The van der Waals surface area contributed by atoms with Gasteiger partial charge in [-0.05, 0) is 44.6 Å². The lowest BCUT2D eigenvalue weighted by Crippen LogP contribution is -2.46. The Morgan fingerprint density at radius 3 is 1.45 bits per heavy atom. The summed E-state index contributed by atoms with van der Waals surface area (Å²) in [5.74, 6) is 0. The van der Waals surface area contributed by atoms with E-state index in [-0.39, 0.29) is 5.60 Å². The van der Waals surface area contributed by atoms with Gasteiger partial charge in [0.15, 0.2) is 8.32 Å². The SMILES string of the molecule is CCCCCCCCCCC[Si](C)(C)OC(C)(C)C[Si](C)(C)C(C)CCCCCCCCC. The lowest BCUT2D eigenvalue weighted by atomic mass is 10.1. The van der Waals surface area contributed by atoms with E-state index in [0.29, 0.717) is 0 Å². The van der Waals surface area contributed by atoms with Gasteiger partial charge in [0.1, 0.15) is 0 Å². The molecule has 0 heterocycles. The van der Waals surface area contributed by atoms with Crippen molar-refractivity contribution in [2.75, 3.05) is 0 Å². The molecule has 0 aromatic heterocycles. The molecule has 0 aliphatic heterocycles. The Bertz CT molecular complexity index is 445. The summed E-state index contributed by atoms with van der Waals surface area (Å²) in [7, 11) is -2.87. The fourth-order valence-corrected chi connectivity index (χ4v) is 12.3. The minimum Gasteiger partial charge on any atom is -0.413 e. The summed E-state index contributed by atoms with van der Waals surface area (Å²) in [4.78, 5) is 0. The molecule has 0 N–H and O–H groups in total. The van der Waals surface area contributed by atoms with E-state index >= 15 is 0 Å². The van der Waals surface area contributed by atoms with Gasteiger partial charge in [0.25, 0.3) is 0 Å². The quantitative estimate of drug-likeness (QED) is 0.100. The molecule has 0 radical (unpaired) electrons. The van der Waals surface area contributed by atoms with Gasteiger partial charge in [-0.2, -0.15) is 0 Å². The highest BCUT2D eigenvalue weighted by Crippen LogP contribution is 2.37. The van der Waals surface area contributed by atoms with E-state index < -0.39 is 16.4 Å². The van der Waals surface area contributed by atoms with Gasteiger partial charge < -0.3 is 4.43 Å². The van der Waals surface area contributed by atoms with Crippen molar-refractivity contribution in [1.29, 1.82) is 0 Å². The van der Waals surface area contributed by atoms with Crippen LogP contribution in [0.3, 0.4) is 0 Å². The summed E-state index contributed by atoms with van der Waals surface area (Å²) in [6, 6.07) is 2.65. The highest BCUT2D eigenvalue weighted by atomic mass is 28.4. The Morgan fingerprint density at radius 1 is 0.606 bits per heavy atom. The van der Waals surface area contributed by atoms with E-state index in [1.807, 2.05) is 0 Å². The minimum absolute atomic E-state index is 0.0547. The van der Waals surface area contributed by atoms with Crippen molar-refractivity contribution >= 4 is 16.4 Å². The standard InChI is InChI=1S/C30H66OSi2/c1-10-12-14-16-18-19-21-23-25-27-33(8,9)31-30(4,5)28-32(6,7)29(3)26-24-22-20-17-15-13-11-2/h29H,10-28H2,1-9H3. The summed E-state index contributed by atoms with van der Waals surface area (Å²) in [5.41, 5.74) is 0.956. The van der Waals surface area contributed by atoms with Crippen LogP contribution in [0.15, 0.2) is 0 Å². The first kappa shape index (κ1) is 33.4. The van der Waals surface area contributed by atoms with E-state index in [2.05, 4.69) is 60.8 Å². The maximum absolute atomic E-state index is 6.94. The zero-order chi connectivity index (χ0) is 25.2. The summed E-state index contributed by atoms with van der Waals surface area (Å²) >= 11 is 0. The highest BCUT2D eigenvalue weighted by Gasteiger charge is 2.38. The largest absolute Gasteiger partial charge is 0.413 e. The molecule has 0 saturated carbocycles. The summed E-state index contributed by atoms with van der Waals surface area (Å²) in [6.07, 6.45) is 24.2. The molecule has 200 valence electrons.